The number of amides is 3. The highest BCUT2D eigenvalue weighted by atomic mass is 19.1. The first-order valence-electron chi connectivity index (χ1n) is 9.13. The number of urea groups is 1. The van der Waals surface area contributed by atoms with Crippen LogP contribution in [0.3, 0.4) is 0 Å². The molecule has 7 heteroatoms. The molecule has 0 bridgehead atoms. The molecule has 0 radical (unpaired) electrons. The monoisotopic (exact) mass is 386 g/mol. The molecule has 0 unspecified atom stereocenters. The molecule has 2 aromatic rings. The molecule has 0 spiro atoms. The first-order chi connectivity index (χ1) is 13.3. The van der Waals surface area contributed by atoms with Crippen LogP contribution in [0.2, 0.25) is 0 Å². The van der Waals surface area contributed by atoms with Crippen molar-refractivity contribution in [2.45, 2.75) is 26.4 Å². The van der Waals surface area contributed by atoms with Crippen LogP contribution >= 0.6 is 0 Å². The number of hydrazine groups is 1. The van der Waals surface area contributed by atoms with E-state index in [0.717, 1.165) is 5.56 Å². The van der Waals surface area contributed by atoms with E-state index >= 15 is 0 Å². The fourth-order valence-corrected chi connectivity index (χ4v) is 2.69. The number of nitrogens with one attached hydrogen (secondary N) is 2. The van der Waals surface area contributed by atoms with E-state index in [1.54, 1.807) is 24.1 Å². The van der Waals surface area contributed by atoms with E-state index in [9.17, 15) is 14.0 Å². The normalized spacial score (nSPS) is 12.0. The Labute approximate surface area is 165 Å². The Morgan fingerprint density at radius 2 is 1.61 bits per heavy atom. The summed E-state index contributed by atoms with van der Waals surface area (Å²) in [7, 11) is 3.58. The summed E-state index contributed by atoms with van der Waals surface area (Å²) in [6.45, 7) is 4.14. The Bertz CT molecular complexity index is 779. The van der Waals surface area contributed by atoms with Gasteiger partial charge in [-0.1, -0.05) is 44.2 Å². The molecular formula is C21H27FN4O2. The Kier molecular flexibility index (Phi) is 7.52. The van der Waals surface area contributed by atoms with E-state index in [2.05, 4.69) is 10.6 Å². The van der Waals surface area contributed by atoms with Gasteiger partial charge in [0, 0.05) is 19.8 Å². The van der Waals surface area contributed by atoms with Gasteiger partial charge in [-0.05, 0) is 35.7 Å². The highest BCUT2D eigenvalue weighted by Crippen LogP contribution is 2.13. The van der Waals surface area contributed by atoms with Crippen molar-refractivity contribution in [2.75, 3.05) is 19.4 Å². The number of benzene rings is 2. The van der Waals surface area contributed by atoms with Crippen molar-refractivity contribution in [3.63, 3.8) is 0 Å². The van der Waals surface area contributed by atoms with Crippen LogP contribution in [0.15, 0.2) is 54.6 Å². The van der Waals surface area contributed by atoms with Crippen LogP contribution in [0.5, 0.6) is 0 Å². The standard InChI is InChI=1S/C21H27FN4O2/c1-15(2)19(24-21(28)23-18-12-10-17(22)11-13-18)20(27)26(25(3)4)14-16-8-6-5-7-9-16/h5-13,15,19H,14H2,1-4H3,(H2,23,24,28)/t19-/m0/s1. The lowest BCUT2D eigenvalue weighted by Gasteiger charge is -2.34. The number of carbonyl (C=O) groups excluding carboxylic acids is 2. The molecule has 0 aromatic heterocycles. The number of nitrogens with zero attached hydrogens (tertiary/aromatic N) is 2. The molecule has 0 saturated carbocycles. The van der Waals surface area contributed by atoms with Crippen LogP contribution in [-0.2, 0) is 11.3 Å². The summed E-state index contributed by atoms with van der Waals surface area (Å²) in [5.41, 5.74) is 1.44. The molecule has 1 atom stereocenters. The Morgan fingerprint density at radius 1 is 1.00 bits per heavy atom. The lowest BCUT2D eigenvalue weighted by molar-refractivity contribution is -0.149. The highest BCUT2D eigenvalue weighted by molar-refractivity contribution is 5.93. The number of hydrogen-bond acceptors (Lipinski definition) is 3. The first-order valence-corrected chi connectivity index (χ1v) is 9.13. The van der Waals surface area contributed by atoms with Crippen LogP contribution in [0.4, 0.5) is 14.9 Å². The molecule has 0 fully saturated rings. The van der Waals surface area contributed by atoms with Gasteiger partial charge in [-0.2, -0.15) is 0 Å². The third-order valence-corrected chi connectivity index (χ3v) is 4.23. The van der Waals surface area contributed by atoms with Crippen molar-refractivity contribution >= 4 is 17.6 Å². The maximum atomic E-state index is 13.2. The molecule has 28 heavy (non-hydrogen) atoms. The molecule has 2 N–H and O–H groups in total. The summed E-state index contributed by atoms with van der Waals surface area (Å²) in [4.78, 5) is 25.5. The average Bonchev–Trinajstić information content (AvgIpc) is 2.66. The summed E-state index contributed by atoms with van der Waals surface area (Å²) in [6, 6.07) is 13.9. The number of hydrogen-bond donors (Lipinski definition) is 2. The van der Waals surface area contributed by atoms with Crippen molar-refractivity contribution in [1.29, 1.82) is 0 Å². The van der Waals surface area contributed by atoms with Crippen molar-refractivity contribution < 1.29 is 14.0 Å². The minimum Gasteiger partial charge on any atom is -0.326 e. The second-order valence-electron chi connectivity index (χ2n) is 7.06. The Hall–Kier alpha value is -2.93. The highest BCUT2D eigenvalue weighted by Gasteiger charge is 2.30. The van der Waals surface area contributed by atoms with E-state index in [4.69, 9.17) is 0 Å². The maximum absolute atomic E-state index is 13.2. The smallest absolute Gasteiger partial charge is 0.319 e. The zero-order valence-electron chi connectivity index (χ0n) is 16.6. The maximum Gasteiger partial charge on any atom is 0.319 e. The number of halogens is 1. The summed E-state index contributed by atoms with van der Waals surface area (Å²) < 4.78 is 13.0. The molecule has 6 nitrogen and oxygen atoms in total. The van der Waals surface area contributed by atoms with Gasteiger partial charge in [-0.15, -0.1) is 0 Å². The summed E-state index contributed by atoms with van der Waals surface area (Å²) in [5.74, 6) is -0.716. The molecule has 0 aliphatic carbocycles. The average molecular weight is 386 g/mol. The SMILES string of the molecule is CC(C)[C@H](NC(=O)Nc1ccc(F)cc1)C(=O)N(Cc1ccccc1)N(C)C. The fourth-order valence-electron chi connectivity index (χ4n) is 2.69. The van der Waals surface area contributed by atoms with Crippen LogP contribution in [0, 0.1) is 11.7 Å². The molecule has 0 heterocycles. The largest absolute Gasteiger partial charge is 0.326 e. The van der Waals surface area contributed by atoms with Crippen molar-refractivity contribution in [2.24, 2.45) is 5.92 Å². The van der Waals surface area contributed by atoms with Crippen LogP contribution in [0.25, 0.3) is 0 Å². The summed E-state index contributed by atoms with van der Waals surface area (Å²) in [6.07, 6.45) is 0. The van der Waals surface area contributed by atoms with E-state index in [-0.39, 0.29) is 17.6 Å². The van der Waals surface area contributed by atoms with Gasteiger partial charge >= 0.3 is 6.03 Å². The molecule has 2 rings (SSSR count). The Morgan fingerprint density at radius 3 is 2.14 bits per heavy atom. The summed E-state index contributed by atoms with van der Waals surface area (Å²) in [5, 5.41) is 8.67. The predicted molar refractivity (Wildman–Crippen MR) is 108 cm³/mol. The second-order valence-corrected chi connectivity index (χ2v) is 7.06. The van der Waals surface area contributed by atoms with E-state index in [1.807, 2.05) is 44.2 Å². The molecule has 2 aromatic carbocycles. The van der Waals surface area contributed by atoms with Crippen LogP contribution < -0.4 is 10.6 Å². The third-order valence-electron chi connectivity index (χ3n) is 4.23. The van der Waals surface area contributed by atoms with Crippen molar-refractivity contribution in [3.8, 4) is 0 Å². The molecule has 3 amide bonds. The second kappa shape index (κ2) is 9.85. The molecule has 0 aliphatic heterocycles. The first kappa shape index (κ1) is 21.4. The van der Waals surface area contributed by atoms with E-state index in [0.29, 0.717) is 12.2 Å². The van der Waals surface area contributed by atoms with Crippen LogP contribution in [-0.4, -0.2) is 42.1 Å². The van der Waals surface area contributed by atoms with Crippen molar-refractivity contribution in [1.82, 2.24) is 15.3 Å². The molecule has 0 saturated heterocycles. The molecular weight excluding hydrogens is 359 g/mol. The predicted octanol–water partition coefficient (Wildman–Crippen LogP) is 3.48. The fraction of sp³-hybridized carbons (Fsp3) is 0.333. The van der Waals surface area contributed by atoms with Gasteiger partial charge in [0.2, 0.25) is 0 Å². The third kappa shape index (κ3) is 6.06. The topological polar surface area (TPSA) is 64.7 Å². The van der Waals surface area contributed by atoms with Gasteiger partial charge in [-0.3, -0.25) is 9.80 Å². The Balaban J connectivity index is 2.10. The number of rotatable bonds is 7. The zero-order chi connectivity index (χ0) is 20.7. The van der Waals surface area contributed by atoms with Gasteiger partial charge < -0.3 is 10.6 Å². The van der Waals surface area contributed by atoms with Gasteiger partial charge in [-0.25, -0.2) is 14.2 Å². The van der Waals surface area contributed by atoms with Gasteiger partial charge in [0.15, 0.2) is 0 Å². The van der Waals surface area contributed by atoms with E-state index in [1.165, 1.54) is 24.3 Å². The lowest BCUT2D eigenvalue weighted by Crippen LogP contribution is -2.55. The van der Waals surface area contributed by atoms with E-state index < -0.39 is 12.1 Å². The van der Waals surface area contributed by atoms with Gasteiger partial charge in [0.1, 0.15) is 11.9 Å². The molecule has 0 aliphatic rings. The minimum absolute atomic E-state index is 0.121. The van der Waals surface area contributed by atoms with Gasteiger partial charge in [0.05, 0.1) is 6.54 Å². The zero-order valence-corrected chi connectivity index (χ0v) is 16.6. The van der Waals surface area contributed by atoms with Crippen LogP contribution in [0.1, 0.15) is 19.4 Å². The quantitative estimate of drug-likeness (QED) is 0.716. The molecule has 150 valence electrons. The lowest BCUT2D eigenvalue weighted by atomic mass is 10.0. The van der Waals surface area contributed by atoms with Crippen molar-refractivity contribution in [3.05, 3.63) is 66.0 Å². The summed E-state index contributed by atoms with van der Waals surface area (Å²) >= 11 is 0. The minimum atomic E-state index is -0.716. The van der Waals surface area contributed by atoms with Gasteiger partial charge in [0.25, 0.3) is 5.91 Å². The number of anilines is 1. The number of carbonyl (C=O) groups is 2.